The number of hydrogen-bond donors (Lipinski definition) is 1. The Hall–Kier alpha value is -1.95. The van der Waals surface area contributed by atoms with Crippen LogP contribution in [-0.4, -0.2) is 20.9 Å². The predicted molar refractivity (Wildman–Crippen MR) is 83.3 cm³/mol. The lowest BCUT2D eigenvalue weighted by molar-refractivity contribution is 0.0686. The average molecular weight is 351 g/mol. The molecule has 21 heavy (non-hydrogen) atoms. The van der Waals surface area contributed by atoms with Gasteiger partial charge in [-0.05, 0) is 36.6 Å². The number of carboxylic acid groups (broad SMARTS) is 1. The molecular weight excluding hydrogens is 336 g/mol. The summed E-state index contributed by atoms with van der Waals surface area (Å²) in [6.45, 7) is 5.59. The van der Waals surface area contributed by atoms with Crippen molar-refractivity contribution in [1.82, 2.24) is 9.78 Å². The van der Waals surface area contributed by atoms with Crippen molar-refractivity contribution in [2.75, 3.05) is 0 Å². The van der Waals surface area contributed by atoms with E-state index in [9.17, 15) is 14.7 Å². The van der Waals surface area contributed by atoms with Crippen LogP contribution in [0.2, 0.25) is 0 Å². The van der Waals surface area contributed by atoms with Gasteiger partial charge < -0.3 is 5.11 Å². The molecular formula is C15H15BrN2O3. The summed E-state index contributed by atoms with van der Waals surface area (Å²) in [6.07, 6.45) is 1.61. The zero-order chi connectivity index (χ0) is 15.7. The number of carbonyl (C=O) groups is 1. The van der Waals surface area contributed by atoms with Crippen molar-refractivity contribution < 1.29 is 9.90 Å². The molecule has 0 saturated carbocycles. The highest BCUT2D eigenvalue weighted by molar-refractivity contribution is 9.10. The molecule has 1 aromatic carbocycles. The van der Waals surface area contributed by atoms with Crippen LogP contribution in [0.25, 0.3) is 5.69 Å². The topological polar surface area (TPSA) is 72.2 Å². The van der Waals surface area contributed by atoms with E-state index in [1.807, 2.05) is 39.0 Å². The number of aromatic nitrogens is 2. The number of hydrogen-bond acceptors (Lipinski definition) is 3. The SMILES string of the molecule is Cc1cc(Br)ccc1-n1cc(C(C)C)c(=O)c(C(=O)O)n1. The van der Waals surface area contributed by atoms with Gasteiger partial charge in [0.05, 0.1) is 5.69 Å². The second-order valence-electron chi connectivity index (χ2n) is 5.10. The molecule has 1 aromatic heterocycles. The van der Waals surface area contributed by atoms with Gasteiger partial charge in [0, 0.05) is 16.2 Å². The maximum Gasteiger partial charge on any atom is 0.360 e. The smallest absolute Gasteiger partial charge is 0.360 e. The number of carboxylic acids is 1. The molecule has 110 valence electrons. The third kappa shape index (κ3) is 3.05. The zero-order valence-electron chi connectivity index (χ0n) is 11.9. The molecule has 1 heterocycles. The number of halogens is 1. The van der Waals surface area contributed by atoms with E-state index in [0.717, 1.165) is 15.7 Å². The molecule has 0 atom stereocenters. The largest absolute Gasteiger partial charge is 0.476 e. The first-order valence-corrected chi connectivity index (χ1v) is 7.24. The number of aryl methyl sites for hydroxylation is 1. The lowest BCUT2D eigenvalue weighted by atomic mass is 10.0. The van der Waals surface area contributed by atoms with Gasteiger partial charge in [-0.25, -0.2) is 9.48 Å². The predicted octanol–water partition coefficient (Wildman–Crippen LogP) is 3.13. The molecule has 0 amide bonds. The summed E-state index contributed by atoms with van der Waals surface area (Å²) < 4.78 is 2.38. The van der Waals surface area contributed by atoms with Gasteiger partial charge in [0.2, 0.25) is 11.1 Å². The highest BCUT2D eigenvalue weighted by Gasteiger charge is 2.18. The molecule has 0 radical (unpaired) electrons. The maximum absolute atomic E-state index is 12.1. The molecule has 0 saturated heterocycles. The molecule has 0 fully saturated rings. The standard InChI is InChI=1S/C15H15BrN2O3/c1-8(2)11-7-18(17-13(14(11)19)15(20)21)12-5-4-10(16)6-9(12)3/h4-8H,1-3H3,(H,20,21). The third-order valence-corrected chi connectivity index (χ3v) is 3.67. The highest BCUT2D eigenvalue weighted by atomic mass is 79.9. The van der Waals surface area contributed by atoms with Gasteiger partial charge in [0.1, 0.15) is 0 Å². The molecule has 6 heteroatoms. The fourth-order valence-corrected chi connectivity index (χ4v) is 2.54. The number of aromatic carboxylic acids is 1. The van der Waals surface area contributed by atoms with E-state index < -0.39 is 17.1 Å². The van der Waals surface area contributed by atoms with Crippen LogP contribution >= 0.6 is 15.9 Å². The maximum atomic E-state index is 12.1. The summed E-state index contributed by atoms with van der Waals surface area (Å²) in [4.78, 5) is 23.3. The summed E-state index contributed by atoms with van der Waals surface area (Å²) in [6, 6.07) is 5.58. The van der Waals surface area contributed by atoms with Crippen LogP contribution in [0.1, 0.15) is 41.4 Å². The summed E-state index contributed by atoms with van der Waals surface area (Å²) >= 11 is 3.38. The summed E-state index contributed by atoms with van der Waals surface area (Å²) in [7, 11) is 0. The van der Waals surface area contributed by atoms with Crippen molar-refractivity contribution >= 4 is 21.9 Å². The highest BCUT2D eigenvalue weighted by Crippen LogP contribution is 2.20. The molecule has 0 aliphatic carbocycles. The first-order valence-electron chi connectivity index (χ1n) is 6.45. The van der Waals surface area contributed by atoms with E-state index in [4.69, 9.17) is 0 Å². The van der Waals surface area contributed by atoms with Crippen LogP contribution in [0.5, 0.6) is 0 Å². The fraction of sp³-hybridized carbons (Fsp3) is 0.267. The van der Waals surface area contributed by atoms with E-state index in [1.165, 1.54) is 4.68 Å². The minimum Gasteiger partial charge on any atom is -0.476 e. The summed E-state index contributed by atoms with van der Waals surface area (Å²) in [5.74, 6) is -1.40. The Balaban J connectivity index is 2.75. The van der Waals surface area contributed by atoms with Gasteiger partial charge in [0.15, 0.2) is 0 Å². The van der Waals surface area contributed by atoms with Crippen molar-refractivity contribution in [2.24, 2.45) is 0 Å². The van der Waals surface area contributed by atoms with Crippen LogP contribution in [0.15, 0.2) is 33.7 Å². The molecule has 0 aliphatic heterocycles. The Morgan fingerprint density at radius 3 is 2.57 bits per heavy atom. The molecule has 0 aliphatic rings. The normalized spacial score (nSPS) is 10.9. The molecule has 0 spiro atoms. The summed E-state index contributed by atoms with van der Waals surface area (Å²) in [5, 5.41) is 13.1. The van der Waals surface area contributed by atoms with Crippen LogP contribution in [0.4, 0.5) is 0 Å². The number of rotatable bonds is 3. The minimum atomic E-state index is -1.31. The Bertz CT molecular complexity index is 766. The van der Waals surface area contributed by atoms with Crippen molar-refractivity contribution in [1.29, 1.82) is 0 Å². The Morgan fingerprint density at radius 2 is 2.05 bits per heavy atom. The van der Waals surface area contributed by atoms with E-state index >= 15 is 0 Å². The second kappa shape index (κ2) is 5.81. The summed E-state index contributed by atoms with van der Waals surface area (Å²) in [5.41, 5.74) is 1.12. The van der Waals surface area contributed by atoms with Crippen LogP contribution < -0.4 is 5.43 Å². The monoisotopic (exact) mass is 350 g/mol. The van der Waals surface area contributed by atoms with Crippen LogP contribution in [0, 0.1) is 6.92 Å². The Labute approximate surface area is 130 Å². The molecule has 2 rings (SSSR count). The van der Waals surface area contributed by atoms with Crippen molar-refractivity contribution in [3.63, 3.8) is 0 Å². The van der Waals surface area contributed by atoms with E-state index in [2.05, 4.69) is 21.0 Å². The third-order valence-electron chi connectivity index (χ3n) is 3.18. The minimum absolute atomic E-state index is 0.0828. The molecule has 0 unspecified atom stereocenters. The van der Waals surface area contributed by atoms with E-state index in [-0.39, 0.29) is 5.92 Å². The van der Waals surface area contributed by atoms with Gasteiger partial charge in [0.25, 0.3) is 0 Å². The van der Waals surface area contributed by atoms with Gasteiger partial charge >= 0.3 is 5.97 Å². The van der Waals surface area contributed by atoms with Gasteiger partial charge in [-0.3, -0.25) is 4.79 Å². The average Bonchev–Trinajstić information content (AvgIpc) is 2.38. The lowest BCUT2D eigenvalue weighted by Gasteiger charge is -2.13. The van der Waals surface area contributed by atoms with Gasteiger partial charge in [-0.1, -0.05) is 29.8 Å². The van der Waals surface area contributed by atoms with Crippen LogP contribution in [0.3, 0.4) is 0 Å². The molecule has 1 N–H and O–H groups in total. The van der Waals surface area contributed by atoms with Gasteiger partial charge in [-0.15, -0.1) is 0 Å². The molecule has 5 nitrogen and oxygen atoms in total. The quantitative estimate of drug-likeness (QED) is 0.922. The van der Waals surface area contributed by atoms with Crippen LogP contribution in [-0.2, 0) is 0 Å². The molecule has 0 bridgehead atoms. The zero-order valence-corrected chi connectivity index (χ0v) is 13.5. The molecule has 2 aromatic rings. The van der Waals surface area contributed by atoms with Gasteiger partial charge in [-0.2, -0.15) is 5.10 Å². The number of benzene rings is 1. The Morgan fingerprint density at radius 1 is 1.38 bits per heavy atom. The number of nitrogens with zero attached hydrogens (tertiary/aromatic N) is 2. The fourth-order valence-electron chi connectivity index (χ4n) is 2.06. The van der Waals surface area contributed by atoms with E-state index in [1.54, 1.807) is 6.20 Å². The lowest BCUT2D eigenvalue weighted by Crippen LogP contribution is -2.25. The first-order chi connectivity index (χ1) is 9.81. The van der Waals surface area contributed by atoms with Crippen molar-refractivity contribution in [3.05, 3.63) is 55.9 Å². The van der Waals surface area contributed by atoms with Crippen molar-refractivity contribution in [3.8, 4) is 5.69 Å². The van der Waals surface area contributed by atoms with E-state index in [0.29, 0.717) is 5.56 Å². The van der Waals surface area contributed by atoms with Crippen molar-refractivity contribution in [2.45, 2.75) is 26.7 Å². The first kappa shape index (κ1) is 15.4. The Kier molecular flexibility index (Phi) is 4.27. The second-order valence-corrected chi connectivity index (χ2v) is 6.01.